The maximum absolute atomic E-state index is 13.0. The van der Waals surface area contributed by atoms with Crippen LogP contribution in [0, 0.1) is 16.7 Å². The van der Waals surface area contributed by atoms with Crippen LogP contribution in [0.15, 0.2) is 18.2 Å². The van der Waals surface area contributed by atoms with Crippen LogP contribution in [0.1, 0.15) is 31.9 Å². The van der Waals surface area contributed by atoms with E-state index in [9.17, 15) is 14.9 Å². The van der Waals surface area contributed by atoms with Gasteiger partial charge in [-0.25, -0.2) is 0 Å². The molecule has 4 atom stereocenters. The maximum atomic E-state index is 13.0. The van der Waals surface area contributed by atoms with Gasteiger partial charge in [-0.2, -0.15) is 5.26 Å². The Balaban J connectivity index is 1.82. The summed E-state index contributed by atoms with van der Waals surface area (Å²) in [5.74, 6) is 1.02. The van der Waals surface area contributed by atoms with Crippen LogP contribution in [0.4, 0.5) is 0 Å². The first-order valence-corrected chi connectivity index (χ1v) is 8.77. The normalized spacial score (nSPS) is 33.1. The summed E-state index contributed by atoms with van der Waals surface area (Å²) in [6.07, 6.45) is 0.324. The molecule has 0 spiro atoms. The maximum Gasteiger partial charge on any atom is 0.246 e. The average Bonchev–Trinajstić information content (AvgIpc) is 2.98. The molecule has 1 aromatic carbocycles. The Labute approximate surface area is 152 Å². The molecule has 2 fully saturated rings. The summed E-state index contributed by atoms with van der Waals surface area (Å²) in [6.45, 7) is 4.50. The molecule has 2 saturated heterocycles. The van der Waals surface area contributed by atoms with Gasteiger partial charge in [0, 0.05) is 7.05 Å². The zero-order valence-electron chi connectivity index (χ0n) is 15.1. The highest BCUT2D eigenvalue weighted by Crippen LogP contribution is 2.52. The number of rotatable bonds is 1. The lowest BCUT2D eigenvalue weighted by Crippen LogP contribution is -2.60. The molecule has 2 amide bonds. The Morgan fingerprint density at radius 3 is 2.58 bits per heavy atom. The lowest BCUT2D eigenvalue weighted by molar-refractivity contribution is -0.159. The quantitative estimate of drug-likeness (QED) is 0.762. The van der Waals surface area contributed by atoms with Crippen LogP contribution >= 0.6 is 0 Å². The number of carbonyl (C=O) groups excluding carboxylic acids is 2. The number of fused-ring (bicyclic) bond motifs is 2. The monoisotopic (exact) mass is 355 g/mol. The molecular formula is C19H21N3O4. The molecule has 26 heavy (non-hydrogen) atoms. The molecular weight excluding hydrogens is 334 g/mol. The summed E-state index contributed by atoms with van der Waals surface area (Å²) < 4.78 is 11.2. The van der Waals surface area contributed by atoms with Crippen LogP contribution < -0.4 is 9.47 Å². The van der Waals surface area contributed by atoms with Crippen LogP contribution in [0.25, 0.3) is 0 Å². The van der Waals surface area contributed by atoms with E-state index in [1.54, 1.807) is 24.9 Å². The number of amides is 2. The SMILES string of the molecule is C[C@@H]1C(=O)N2C(C[C@](C)(C#N)C2c2ccc3c(c2)OCCO3)C(=O)N1C. The summed E-state index contributed by atoms with van der Waals surface area (Å²) in [4.78, 5) is 28.9. The summed E-state index contributed by atoms with van der Waals surface area (Å²) in [7, 11) is 1.64. The number of nitrogens with zero attached hydrogens (tertiary/aromatic N) is 3. The van der Waals surface area contributed by atoms with E-state index in [2.05, 4.69) is 6.07 Å². The molecule has 136 valence electrons. The largest absolute Gasteiger partial charge is 0.486 e. The van der Waals surface area contributed by atoms with Crippen molar-refractivity contribution >= 4 is 11.8 Å². The molecule has 0 aromatic heterocycles. The van der Waals surface area contributed by atoms with Gasteiger partial charge >= 0.3 is 0 Å². The van der Waals surface area contributed by atoms with Crippen LogP contribution in [0.2, 0.25) is 0 Å². The number of hydrogen-bond donors (Lipinski definition) is 0. The fourth-order valence-electron chi connectivity index (χ4n) is 4.26. The second-order valence-corrected chi connectivity index (χ2v) is 7.43. The number of likely N-dealkylation sites (N-methyl/N-ethyl adjacent to an activating group) is 1. The van der Waals surface area contributed by atoms with Crippen molar-refractivity contribution in [1.29, 1.82) is 5.26 Å². The van der Waals surface area contributed by atoms with Crippen LogP contribution in [-0.4, -0.2) is 54.0 Å². The number of nitriles is 1. The summed E-state index contributed by atoms with van der Waals surface area (Å²) in [6, 6.07) is 6.21. The van der Waals surface area contributed by atoms with Crippen molar-refractivity contribution in [2.24, 2.45) is 5.41 Å². The first kappa shape index (κ1) is 16.7. The van der Waals surface area contributed by atoms with Gasteiger partial charge < -0.3 is 19.3 Å². The third kappa shape index (κ3) is 2.18. The minimum absolute atomic E-state index is 0.112. The zero-order chi connectivity index (χ0) is 18.6. The molecule has 0 saturated carbocycles. The van der Waals surface area contributed by atoms with E-state index in [-0.39, 0.29) is 11.8 Å². The zero-order valence-corrected chi connectivity index (χ0v) is 15.1. The predicted octanol–water partition coefficient (Wildman–Crippen LogP) is 1.49. The Bertz CT molecular complexity index is 833. The fraction of sp³-hybridized carbons (Fsp3) is 0.526. The van der Waals surface area contributed by atoms with Gasteiger partial charge in [0.2, 0.25) is 11.8 Å². The Hall–Kier alpha value is -2.75. The Morgan fingerprint density at radius 2 is 1.88 bits per heavy atom. The topological polar surface area (TPSA) is 82.9 Å². The van der Waals surface area contributed by atoms with E-state index in [0.717, 1.165) is 5.56 Å². The van der Waals surface area contributed by atoms with Crippen LogP contribution in [0.5, 0.6) is 11.5 Å². The lowest BCUT2D eigenvalue weighted by atomic mass is 9.79. The number of benzene rings is 1. The van der Waals surface area contributed by atoms with Gasteiger partial charge in [-0.15, -0.1) is 0 Å². The summed E-state index contributed by atoms with van der Waals surface area (Å²) in [5, 5.41) is 9.88. The van der Waals surface area contributed by atoms with Crippen molar-refractivity contribution in [2.75, 3.05) is 20.3 Å². The van der Waals surface area contributed by atoms with E-state index >= 15 is 0 Å². The average molecular weight is 355 g/mol. The molecule has 0 aliphatic carbocycles. The van der Waals surface area contributed by atoms with Crippen molar-refractivity contribution < 1.29 is 19.1 Å². The van der Waals surface area contributed by atoms with Gasteiger partial charge in [0.05, 0.1) is 17.5 Å². The molecule has 2 unspecified atom stereocenters. The molecule has 3 aliphatic rings. The smallest absolute Gasteiger partial charge is 0.246 e. The highest BCUT2D eigenvalue weighted by molar-refractivity contribution is 5.97. The fourth-order valence-corrected chi connectivity index (χ4v) is 4.26. The summed E-state index contributed by atoms with van der Waals surface area (Å²) in [5.41, 5.74) is -0.0660. The minimum Gasteiger partial charge on any atom is -0.486 e. The van der Waals surface area contributed by atoms with Crippen molar-refractivity contribution in [3.63, 3.8) is 0 Å². The molecule has 7 nitrogen and oxygen atoms in total. The molecule has 0 N–H and O–H groups in total. The van der Waals surface area contributed by atoms with Crippen molar-refractivity contribution in [1.82, 2.24) is 9.80 Å². The first-order valence-electron chi connectivity index (χ1n) is 8.77. The number of ether oxygens (including phenoxy) is 2. The van der Waals surface area contributed by atoms with E-state index in [4.69, 9.17) is 9.47 Å². The third-order valence-electron chi connectivity index (χ3n) is 5.80. The predicted molar refractivity (Wildman–Crippen MR) is 91.4 cm³/mol. The van der Waals surface area contributed by atoms with Gasteiger partial charge in [-0.1, -0.05) is 6.07 Å². The standard InChI is InChI=1S/C19H21N3O4/c1-11-17(23)22-13(18(24)21(11)3)9-19(2,10-20)16(22)12-4-5-14-15(8-12)26-7-6-25-14/h4-5,8,11,13,16H,6-7,9H2,1-3H3/t11-,13?,16?,19-/m1/s1. The second-order valence-electron chi connectivity index (χ2n) is 7.43. The van der Waals surface area contributed by atoms with E-state index in [0.29, 0.717) is 31.1 Å². The number of carbonyl (C=O) groups is 2. The molecule has 7 heteroatoms. The van der Waals surface area contributed by atoms with Gasteiger partial charge in [0.1, 0.15) is 25.3 Å². The molecule has 0 bridgehead atoms. The molecule has 3 aliphatic heterocycles. The molecule has 3 heterocycles. The minimum atomic E-state index is -0.857. The van der Waals surface area contributed by atoms with E-state index in [1.807, 2.05) is 19.1 Å². The van der Waals surface area contributed by atoms with Crippen molar-refractivity contribution in [3.8, 4) is 17.6 Å². The highest BCUT2D eigenvalue weighted by atomic mass is 16.6. The number of hydrogen-bond acceptors (Lipinski definition) is 5. The van der Waals surface area contributed by atoms with E-state index in [1.165, 1.54) is 4.90 Å². The molecule has 1 aromatic rings. The third-order valence-corrected chi connectivity index (χ3v) is 5.80. The van der Waals surface area contributed by atoms with Crippen molar-refractivity contribution in [2.45, 2.75) is 38.4 Å². The van der Waals surface area contributed by atoms with Gasteiger partial charge in [-0.05, 0) is 38.0 Å². The Kier molecular flexibility index (Phi) is 3.62. The molecule has 0 radical (unpaired) electrons. The van der Waals surface area contributed by atoms with Gasteiger partial charge in [0.25, 0.3) is 0 Å². The van der Waals surface area contributed by atoms with Crippen molar-refractivity contribution in [3.05, 3.63) is 23.8 Å². The molecule has 4 rings (SSSR count). The lowest BCUT2D eigenvalue weighted by Gasteiger charge is -2.42. The summed E-state index contributed by atoms with van der Waals surface area (Å²) >= 11 is 0. The number of piperazine rings is 1. The van der Waals surface area contributed by atoms with Crippen LogP contribution in [-0.2, 0) is 9.59 Å². The van der Waals surface area contributed by atoms with Gasteiger partial charge in [-0.3, -0.25) is 9.59 Å². The first-order chi connectivity index (χ1) is 12.4. The highest BCUT2D eigenvalue weighted by Gasteiger charge is 2.58. The van der Waals surface area contributed by atoms with Crippen LogP contribution in [0.3, 0.4) is 0 Å². The van der Waals surface area contributed by atoms with Gasteiger partial charge in [0.15, 0.2) is 11.5 Å². The second kappa shape index (κ2) is 5.63. The Morgan fingerprint density at radius 1 is 1.19 bits per heavy atom. The van der Waals surface area contributed by atoms with E-state index < -0.39 is 23.5 Å².